The largest absolute Gasteiger partial charge is 0.457 e. The van der Waals surface area contributed by atoms with Crippen molar-refractivity contribution < 1.29 is 14.3 Å². The van der Waals surface area contributed by atoms with Gasteiger partial charge in [-0.1, -0.05) is 18.2 Å². The number of hydrogen-bond donors (Lipinski definition) is 1. The van der Waals surface area contributed by atoms with Crippen LogP contribution in [0.4, 0.5) is 11.4 Å². The fourth-order valence-electron chi connectivity index (χ4n) is 3.05. The molecule has 0 saturated heterocycles. The molecule has 1 heterocycles. The topological polar surface area (TPSA) is 58.6 Å². The van der Waals surface area contributed by atoms with E-state index in [0.717, 1.165) is 17.0 Å². The van der Waals surface area contributed by atoms with Gasteiger partial charge in [0, 0.05) is 24.0 Å². The molecule has 5 heteroatoms. The Hall–Kier alpha value is -3.60. The maximum atomic E-state index is 12.5. The number of carbonyl (C=O) groups is 2. The van der Waals surface area contributed by atoms with Gasteiger partial charge in [-0.25, -0.2) is 0 Å². The predicted octanol–water partition coefficient (Wildman–Crippen LogP) is 4.25. The fourth-order valence-corrected chi connectivity index (χ4v) is 3.05. The maximum Gasteiger partial charge on any atom is 0.255 e. The SMILES string of the molecule is CN1C(=O)Cc2cc(C(=O)Nc3ccc(Oc4ccccc4)cc3)ccc21. The van der Waals surface area contributed by atoms with Crippen LogP contribution >= 0.6 is 0 Å². The Kier molecular flexibility index (Phi) is 4.34. The normalized spacial score (nSPS) is 12.6. The summed E-state index contributed by atoms with van der Waals surface area (Å²) in [6, 6.07) is 22.0. The Morgan fingerprint density at radius 2 is 1.67 bits per heavy atom. The Balaban J connectivity index is 1.44. The first kappa shape index (κ1) is 16.8. The van der Waals surface area contributed by atoms with Crippen LogP contribution in [0.5, 0.6) is 11.5 Å². The van der Waals surface area contributed by atoms with Gasteiger partial charge in [-0.15, -0.1) is 0 Å². The summed E-state index contributed by atoms with van der Waals surface area (Å²) in [6.07, 6.45) is 0.332. The highest BCUT2D eigenvalue weighted by atomic mass is 16.5. The molecule has 1 N–H and O–H groups in total. The molecule has 5 nitrogen and oxygen atoms in total. The maximum absolute atomic E-state index is 12.5. The number of benzene rings is 3. The second kappa shape index (κ2) is 6.96. The van der Waals surface area contributed by atoms with Crippen LogP contribution in [0.15, 0.2) is 72.8 Å². The quantitative estimate of drug-likeness (QED) is 0.758. The van der Waals surface area contributed by atoms with Crippen molar-refractivity contribution in [3.8, 4) is 11.5 Å². The lowest BCUT2D eigenvalue weighted by Gasteiger charge is -2.11. The molecule has 3 aromatic rings. The second-order valence-electron chi connectivity index (χ2n) is 6.37. The van der Waals surface area contributed by atoms with Crippen molar-refractivity contribution in [3.05, 3.63) is 83.9 Å². The van der Waals surface area contributed by atoms with Crippen molar-refractivity contribution >= 4 is 23.2 Å². The van der Waals surface area contributed by atoms with E-state index in [1.54, 1.807) is 48.3 Å². The van der Waals surface area contributed by atoms with Crippen molar-refractivity contribution in [2.45, 2.75) is 6.42 Å². The summed E-state index contributed by atoms with van der Waals surface area (Å²) < 4.78 is 5.74. The molecule has 0 aromatic heterocycles. The van der Waals surface area contributed by atoms with E-state index in [2.05, 4.69) is 5.32 Å². The molecule has 27 heavy (non-hydrogen) atoms. The molecular weight excluding hydrogens is 340 g/mol. The number of ether oxygens (including phenoxy) is 1. The minimum absolute atomic E-state index is 0.0385. The third kappa shape index (κ3) is 3.53. The van der Waals surface area contributed by atoms with Gasteiger partial charge in [0.2, 0.25) is 5.91 Å². The van der Waals surface area contributed by atoms with E-state index in [1.165, 1.54) is 0 Å². The summed E-state index contributed by atoms with van der Waals surface area (Å²) in [4.78, 5) is 25.9. The summed E-state index contributed by atoms with van der Waals surface area (Å²) in [5.74, 6) is 1.28. The van der Waals surface area contributed by atoms with Crippen LogP contribution in [0.1, 0.15) is 15.9 Å². The number of nitrogens with one attached hydrogen (secondary N) is 1. The first-order chi connectivity index (χ1) is 13.1. The molecule has 0 aliphatic carbocycles. The van der Waals surface area contributed by atoms with Crippen LogP contribution in [-0.4, -0.2) is 18.9 Å². The first-order valence-corrected chi connectivity index (χ1v) is 8.64. The molecule has 0 fully saturated rings. The van der Waals surface area contributed by atoms with Gasteiger partial charge in [0.05, 0.1) is 6.42 Å². The number of fused-ring (bicyclic) bond motifs is 1. The van der Waals surface area contributed by atoms with Crippen molar-refractivity contribution in [2.24, 2.45) is 0 Å². The zero-order valence-corrected chi connectivity index (χ0v) is 14.8. The Morgan fingerprint density at radius 1 is 0.963 bits per heavy atom. The van der Waals surface area contributed by atoms with E-state index in [-0.39, 0.29) is 11.8 Å². The number of likely N-dealkylation sites (N-methyl/N-ethyl adjacent to an activating group) is 1. The van der Waals surface area contributed by atoms with Gasteiger partial charge in [-0.2, -0.15) is 0 Å². The standard InChI is InChI=1S/C22H18N2O3/c1-24-20-12-7-15(13-16(20)14-21(24)25)22(26)23-17-8-10-19(11-9-17)27-18-5-3-2-4-6-18/h2-13H,14H2,1H3,(H,23,26). The van der Waals surface area contributed by atoms with E-state index in [0.29, 0.717) is 23.4 Å². The smallest absolute Gasteiger partial charge is 0.255 e. The highest BCUT2D eigenvalue weighted by Crippen LogP contribution is 2.29. The van der Waals surface area contributed by atoms with E-state index < -0.39 is 0 Å². The number of para-hydroxylation sites is 1. The summed E-state index contributed by atoms with van der Waals surface area (Å²) in [5.41, 5.74) is 2.94. The molecule has 1 aliphatic heterocycles. The number of nitrogens with zero attached hydrogens (tertiary/aromatic N) is 1. The highest BCUT2D eigenvalue weighted by molar-refractivity contribution is 6.07. The summed E-state index contributed by atoms with van der Waals surface area (Å²) in [7, 11) is 1.74. The van der Waals surface area contributed by atoms with Crippen molar-refractivity contribution in [2.75, 3.05) is 17.3 Å². The van der Waals surface area contributed by atoms with Gasteiger partial charge in [0.1, 0.15) is 11.5 Å². The van der Waals surface area contributed by atoms with Crippen LogP contribution < -0.4 is 15.0 Å². The molecule has 0 spiro atoms. The molecule has 134 valence electrons. The van der Waals surface area contributed by atoms with E-state index in [9.17, 15) is 9.59 Å². The molecule has 0 radical (unpaired) electrons. The Bertz CT molecular complexity index is 998. The molecule has 0 unspecified atom stereocenters. The monoisotopic (exact) mass is 358 g/mol. The molecule has 4 rings (SSSR count). The molecule has 3 aromatic carbocycles. The number of carbonyl (C=O) groups excluding carboxylic acids is 2. The van der Waals surface area contributed by atoms with E-state index >= 15 is 0 Å². The van der Waals surface area contributed by atoms with Crippen molar-refractivity contribution in [1.82, 2.24) is 0 Å². The minimum atomic E-state index is -0.212. The average Bonchev–Trinajstić information content (AvgIpc) is 2.97. The number of anilines is 2. The van der Waals surface area contributed by atoms with Crippen LogP contribution in [0.3, 0.4) is 0 Å². The number of hydrogen-bond acceptors (Lipinski definition) is 3. The van der Waals surface area contributed by atoms with Crippen molar-refractivity contribution in [3.63, 3.8) is 0 Å². The molecule has 0 bridgehead atoms. The number of rotatable bonds is 4. The van der Waals surface area contributed by atoms with Gasteiger partial charge >= 0.3 is 0 Å². The molecular formula is C22H18N2O3. The van der Waals surface area contributed by atoms with Gasteiger partial charge in [-0.3, -0.25) is 9.59 Å². The molecule has 2 amide bonds. The zero-order chi connectivity index (χ0) is 18.8. The van der Waals surface area contributed by atoms with Gasteiger partial charge in [0.15, 0.2) is 0 Å². The summed E-state index contributed by atoms with van der Waals surface area (Å²) >= 11 is 0. The van der Waals surface area contributed by atoms with Crippen LogP contribution in [-0.2, 0) is 11.2 Å². The van der Waals surface area contributed by atoms with Crippen LogP contribution in [0.25, 0.3) is 0 Å². The lowest BCUT2D eigenvalue weighted by Crippen LogP contribution is -2.20. The van der Waals surface area contributed by atoms with E-state index in [4.69, 9.17) is 4.74 Å². The summed E-state index contributed by atoms with van der Waals surface area (Å²) in [5, 5.41) is 2.87. The van der Waals surface area contributed by atoms with Gasteiger partial charge in [0.25, 0.3) is 5.91 Å². The second-order valence-corrected chi connectivity index (χ2v) is 6.37. The fraction of sp³-hybridized carbons (Fsp3) is 0.0909. The minimum Gasteiger partial charge on any atom is -0.457 e. The highest BCUT2D eigenvalue weighted by Gasteiger charge is 2.24. The predicted molar refractivity (Wildman–Crippen MR) is 104 cm³/mol. The lowest BCUT2D eigenvalue weighted by atomic mass is 10.1. The van der Waals surface area contributed by atoms with Gasteiger partial charge in [-0.05, 0) is 60.2 Å². The lowest BCUT2D eigenvalue weighted by molar-refractivity contribution is -0.117. The van der Waals surface area contributed by atoms with Crippen molar-refractivity contribution in [1.29, 1.82) is 0 Å². The van der Waals surface area contributed by atoms with Gasteiger partial charge < -0.3 is 15.0 Å². The molecule has 0 atom stereocenters. The van der Waals surface area contributed by atoms with Crippen LogP contribution in [0.2, 0.25) is 0 Å². The first-order valence-electron chi connectivity index (χ1n) is 8.64. The average molecular weight is 358 g/mol. The molecule has 1 aliphatic rings. The third-order valence-electron chi connectivity index (χ3n) is 4.51. The number of amides is 2. The van der Waals surface area contributed by atoms with E-state index in [1.807, 2.05) is 36.4 Å². The molecule has 0 saturated carbocycles. The Morgan fingerprint density at radius 3 is 2.41 bits per heavy atom. The summed E-state index contributed by atoms with van der Waals surface area (Å²) in [6.45, 7) is 0. The van der Waals surface area contributed by atoms with Crippen LogP contribution in [0, 0.1) is 0 Å². The Labute approximate surface area is 157 Å². The zero-order valence-electron chi connectivity index (χ0n) is 14.8. The third-order valence-corrected chi connectivity index (χ3v) is 4.51.